The molecule has 0 saturated carbocycles. The van der Waals surface area contributed by atoms with Gasteiger partial charge in [-0.05, 0) is 0 Å². The van der Waals surface area contributed by atoms with Crippen LogP contribution in [0.5, 0.6) is 0 Å². The van der Waals surface area contributed by atoms with Gasteiger partial charge < -0.3 is 0 Å². The molecule has 1 saturated heterocycles. The van der Waals surface area contributed by atoms with Crippen LogP contribution in [-0.4, -0.2) is 36.7 Å². The first-order valence-electron chi connectivity index (χ1n) is 3.70. The molecule has 0 spiro atoms. The second-order valence-corrected chi connectivity index (χ2v) is 6.96. The van der Waals surface area contributed by atoms with Crippen LogP contribution in [0.4, 0.5) is 0 Å². The Morgan fingerprint density at radius 3 is 1.31 bits per heavy atom. The first-order chi connectivity index (χ1) is 5.71. The molecule has 0 bridgehead atoms. The Hall–Kier alpha value is 0.260. The summed E-state index contributed by atoms with van der Waals surface area (Å²) in [5.74, 6) is 0. The zero-order valence-electron chi connectivity index (χ0n) is 6.78. The van der Waals surface area contributed by atoms with Gasteiger partial charge in [-0.1, -0.05) is 0 Å². The lowest BCUT2D eigenvalue weighted by Crippen LogP contribution is -2.37. The topological polar surface area (TPSA) is 115 Å². The minimum absolute atomic E-state index is 0.158. The van der Waals surface area contributed by atoms with Gasteiger partial charge in [0.1, 0.15) is 0 Å². The summed E-state index contributed by atoms with van der Waals surface area (Å²) < 4.78 is 20.6. The summed E-state index contributed by atoms with van der Waals surface area (Å²) >= 11 is 0. The van der Waals surface area contributed by atoms with E-state index in [1.165, 1.54) is 0 Å². The van der Waals surface area contributed by atoms with Crippen LogP contribution in [0.25, 0.3) is 0 Å². The Morgan fingerprint density at radius 2 is 1.15 bits per heavy atom. The fraction of sp³-hybridized carbons (Fsp3) is 1.00. The molecule has 0 aliphatic carbocycles. The van der Waals surface area contributed by atoms with Crippen LogP contribution in [0.3, 0.4) is 0 Å². The van der Waals surface area contributed by atoms with Crippen molar-refractivity contribution in [3.05, 3.63) is 0 Å². The molecular weight excluding hydrogens is 220 g/mol. The molecule has 9 heteroatoms. The molecular formula is C4H12NO6P2+. The average molecular weight is 232 g/mol. The minimum atomic E-state index is -4.79. The Balaban J connectivity index is 3.18. The third-order valence-electron chi connectivity index (χ3n) is 2.25. The van der Waals surface area contributed by atoms with Crippen molar-refractivity contribution in [2.45, 2.75) is 12.8 Å². The largest absolute Gasteiger partial charge is 0.533 e. The molecule has 0 radical (unpaired) electrons. The van der Waals surface area contributed by atoms with Crippen molar-refractivity contribution in [3.8, 4) is 0 Å². The zero-order valence-corrected chi connectivity index (χ0v) is 8.56. The van der Waals surface area contributed by atoms with Crippen molar-refractivity contribution in [2.24, 2.45) is 0 Å². The van der Waals surface area contributed by atoms with E-state index < -0.39 is 19.5 Å². The van der Waals surface area contributed by atoms with E-state index >= 15 is 0 Å². The van der Waals surface area contributed by atoms with E-state index in [4.69, 9.17) is 19.6 Å². The van der Waals surface area contributed by atoms with Gasteiger partial charge in [0.2, 0.25) is 0 Å². The molecule has 0 amide bonds. The molecule has 1 fully saturated rings. The van der Waals surface area contributed by atoms with Crippen molar-refractivity contribution < 1.29 is 32.7 Å². The van der Waals surface area contributed by atoms with E-state index in [0.717, 1.165) is 0 Å². The van der Waals surface area contributed by atoms with E-state index in [-0.39, 0.29) is 13.1 Å². The lowest BCUT2D eigenvalue weighted by Gasteiger charge is -2.32. The first-order valence-corrected chi connectivity index (χ1v) is 6.83. The van der Waals surface area contributed by atoms with Gasteiger partial charge >= 0.3 is 15.5 Å². The van der Waals surface area contributed by atoms with Crippen LogP contribution in [0.2, 0.25) is 0 Å². The quantitative estimate of drug-likeness (QED) is 0.489. The number of rotatable bonds is 2. The van der Waals surface area contributed by atoms with Gasteiger partial charge in [0.25, 0.3) is 0 Å². The number of nitrogens with zero attached hydrogens (tertiary/aromatic N) is 1. The maximum absolute atomic E-state index is 11.0. The standard InChI is InChI=1S/C4H11NO6P2/c6-12(7,8)5(13(9,10)11)3-1-2-4-5/h1-4H2,(H3-,6,7,8,9,10,11)/p+1. The van der Waals surface area contributed by atoms with Crippen LogP contribution >= 0.6 is 15.5 Å². The molecule has 1 rings (SSSR count). The van der Waals surface area contributed by atoms with Crippen LogP contribution < -0.4 is 0 Å². The Bertz CT molecular complexity index is 261. The summed E-state index contributed by atoms with van der Waals surface area (Å²) in [6, 6.07) is 0. The Labute approximate surface area is 75.0 Å². The SMILES string of the molecule is O=P(O)(O)[N+]1(P(=O)(O)O)CCCC1. The lowest BCUT2D eigenvalue weighted by atomic mass is 10.4. The summed E-state index contributed by atoms with van der Waals surface area (Å²) in [7, 11) is -9.58. The summed E-state index contributed by atoms with van der Waals surface area (Å²) in [4.78, 5) is 35.6. The van der Waals surface area contributed by atoms with Crippen LogP contribution in [0, 0.1) is 0 Å². The second-order valence-electron chi connectivity index (χ2n) is 3.06. The van der Waals surface area contributed by atoms with Gasteiger partial charge in [-0.2, -0.15) is 4.02 Å². The Morgan fingerprint density at radius 1 is 0.846 bits per heavy atom. The smallest absolute Gasteiger partial charge is 0.279 e. The van der Waals surface area contributed by atoms with Gasteiger partial charge in [-0.3, -0.25) is 19.6 Å². The normalized spacial score (nSPS) is 23.4. The molecule has 0 aromatic carbocycles. The summed E-state index contributed by atoms with van der Waals surface area (Å²) in [6.45, 7) is -0.316. The average Bonchev–Trinajstić information content (AvgIpc) is 2.28. The van der Waals surface area contributed by atoms with Gasteiger partial charge in [0.15, 0.2) is 0 Å². The van der Waals surface area contributed by atoms with Crippen LogP contribution in [-0.2, 0) is 9.13 Å². The monoisotopic (exact) mass is 232 g/mol. The van der Waals surface area contributed by atoms with Gasteiger partial charge in [0.05, 0.1) is 13.1 Å². The highest BCUT2D eigenvalue weighted by molar-refractivity contribution is 7.58. The molecule has 0 aromatic rings. The maximum Gasteiger partial charge on any atom is 0.533 e. The fourth-order valence-electron chi connectivity index (χ4n) is 1.51. The fourth-order valence-corrected chi connectivity index (χ4v) is 4.34. The summed E-state index contributed by atoms with van der Waals surface area (Å²) in [5, 5.41) is 0. The number of quaternary nitrogens is 1. The molecule has 7 nitrogen and oxygen atoms in total. The van der Waals surface area contributed by atoms with E-state index in [1.807, 2.05) is 0 Å². The van der Waals surface area contributed by atoms with Crippen molar-refractivity contribution >= 4 is 15.5 Å². The Kier molecular flexibility index (Phi) is 2.74. The van der Waals surface area contributed by atoms with Gasteiger partial charge in [-0.25, -0.2) is 9.13 Å². The van der Waals surface area contributed by atoms with Crippen LogP contribution in [0.1, 0.15) is 12.8 Å². The molecule has 1 aliphatic heterocycles. The molecule has 78 valence electrons. The van der Waals surface area contributed by atoms with Crippen molar-refractivity contribution in [1.29, 1.82) is 0 Å². The van der Waals surface area contributed by atoms with E-state index in [9.17, 15) is 9.13 Å². The van der Waals surface area contributed by atoms with Crippen molar-refractivity contribution in [1.82, 2.24) is 0 Å². The maximum atomic E-state index is 11.0. The minimum Gasteiger partial charge on any atom is -0.279 e. The van der Waals surface area contributed by atoms with E-state index in [0.29, 0.717) is 12.8 Å². The summed E-state index contributed by atoms with van der Waals surface area (Å²) in [5.41, 5.74) is 0. The highest BCUT2D eigenvalue weighted by Gasteiger charge is 2.60. The third-order valence-corrected chi connectivity index (χ3v) is 6.39. The van der Waals surface area contributed by atoms with Crippen molar-refractivity contribution in [3.63, 3.8) is 0 Å². The molecule has 0 atom stereocenters. The van der Waals surface area contributed by atoms with Crippen molar-refractivity contribution in [2.75, 3.05) is 13.1 Å². The first kappa shape index (κ1) is 11.3. The van der Waals surface area contributed by atoms with E-state index in [1.54, 1.807) is 0 Å². The third kappa shape index (κ3) is 1.74. The highest BCUT2D eigenvalue weighted by Crippen LogP contribution is 2.67. The molecule has 13 heavy (non-hydrogen) atoms. The molecule has 0 unspecified atom stereocenters. The number of hydrogen-bond acceptors (Lipinski definition) is 2. The van der Waals surface area contributed by atoms with Crippen LogP contribution in [0.15, 0.2) is 0 Å². The van der Waals surface area contributed by atoms with E-state index in [2.05, 4.69) is 0 Å². The van der Waals surface area contributed by atoms with Gasteiger partial charge in [-0.15, -0.1) is 0 Å². The second kappa shape index (κ2) is 3.14. The van der Waals surface area contributed by atoms with Gasteiger partial charge in [0, 0.05) is 12.8 Å². The summed E-state index contributed by atoms with van der Waals surface area (Å²) in [6.07, 6.45) is 0.854. The molecule has 0 aromatic heterocycles. The molecule has 4 N–H and O–H groups in total. The predicted octanol–water partition coefficient (Wildman–Crippen LogP) is -0.218. The zero-order chi connectivity index (χ0) is 10.3. The number of hydrogen-bond donors (Lipinski definition) is 4. The molecule has 1 aliphatic rings. The lowest BCUT2D eigenvalue weighted by molar-refractivity contribution is -0.697. The molecule has 1 heterocycles. The highest BCUT2D eigenvalue weighted by atomic mass is 31.3. The predicted molar refractivity (Wildman–Crippen MR) is 43.3 cm³/mol.